The summed E-state index contributed by atoms with van der Waals surface area (Å²) >= 11 is 6.04. The van der Waals surface area contributed by atoms with E-state index < -0.39 is 28.5 Å². The zero-order valence-electron chi connectivity index (χ0n) is 18.5. The van der Waals surface area contributed by atoms with Gasteiger partial charge in [-0.15, -0.1) is 0 Å². The van der Waals surface area contributed by atoms with Gasteiger partial charge >= 0.3 is 5.97 Å². The number of ether oxygens (including phenoxy) is 2. The molecule has 0 fully saturated rings. The predicted molar refractivity (Wildman–Crippen MR) is 129 cm³/mol. The van der Waals surface area contributed by atoms with Crippen LogP contribution in [-0.4, -0.2) is 41.1 Å². The number of hydrogen-bond acceptors (Lipinski definition) is 6. The number of carbonyl (C=O) groups excluding carboxylic acids is 2. The molecule has 0 saturated carbocycles. The Kier molecular flexibility index (Phi) is 8.14. The largest absolute Gasteiger partial charge is 0.495 e. The van der Waals surface area contributed by atoms with E-state index >= 15 is 0 Å². The molecular formula is C24H23ClN2O6S. The van der Waals surface area contributed by atoms with Crippen LogP contribution in [0.3, 0.4) is 0 Å². The standard InChI is InChI=1S/C24H23ClN2O6S/c1-27(21-9-5-6-10-22(21)32-2)34(30,31)19-13-11-17(12-14-19)24(29)33-16-23(28)26-15-18-7-3-4-8-20(18)25/h3-14H,15-16H2,1-2H3,(H,26,28). The van der Waals surface area contributed by atoms with E-state index in [1.54, 1.807) is 48.5 Å². The summed E-state index contributed by atoms with van der Waals surface area (Å²) in [6.45, 7) is -0.289. The first-order valence-corrected chi connectivity index (χ1v) is 11.9. The van der Waals surface area contributed by atoms with Crippen LogP contribution in [0.1, 0.15) is 15.9 Å². The third-order valence-corrected chi connectivity index (χ3v) is 7.10. The van der Waals surface area contributed by atoms with Gasteiger partial charge in [-0.2, -0.15) is 0 Å². The first-order valence-electron chi connectivity index (χ1n) is 10.1. The number of benzene rings is 3. The predicted octanol–water partition coefficient (Wildman–Crippen LogP) is 3.65. The van der Waals surface area contributed by atoms with E-state index in [1.807, 2.05) is 0 Å². The highest BCUT2D eigenvalue weighted by Gasteiger charge is 2.24. The molecule has 0 unspecified atom stereocenters. The summed E-state index contributed by atoms with van der Waals surface area (Å²) in [5.74, 6) is -0.845. The lowest BCUT2D eigenvalue weighted by atomic mass is 10.2. The number of methoxy groups -OCH3 is 1. The van der Waals surface area contributed by atoms with Crippen molar-refractivity contribution in [1.82, 2.24) is 5.32 Å². The van der Waals surface area contributed by atoms with Crippen LogP contribution in [0.4, 0.5) is 5.69 Å². The normalized spacial score (nSPS) is 10.9. The molecule has 0 saturated heterocycles. The van der Waals surface area contributed by atoms with Gasteiger partial charge in [-0.1, -0.05) is 41.9 Å². The lowest BCUT2D eigenvalue weighted by Crippen LogP contribution is -2.28. The number of carbonyl (C=O) groups is 2. The van der Waals surface area contributed by atoms with E-state index in [9.17, 15) is 18.0 Å². The zero-order chi connectivity index (χ0) is 24.7. The summed E-state index contributed by atoms with van der Waals surface area (Å²) in [4.78, 5) is 24.2. The average Bonchev–Trinajstić information content (AvgIpc) is 2.86. The Balaban J connectivity index is 1.60. The Morgan fingerprint density at radius 3 is 2.29 bits per heavy atom. The second-order valence-corrected chi connectivity index (χ2v) is 9.49. The minimum absolute atomic E-state index is 0.0186. The highest BCUT2D eigenvalue weighted by molar-refractivity contribution is 7.92. The molecule has 0 spiro atoms. The van der Waals surface area contributed by atoms with E-state index in [1.165, 1.54) is 38.4 Å². The number of para-hydroxylation sites is 2. The fourth-order valence-electron chi connectivity index (χ4n) is 3.04. The number of rotatable bonds is 9. The maximum atomic E-state index is 13.0. The smallest absolute Gasteiger partial charge is 0.338 e. The van der Waals surface area contributed by atoms with Gasteiger partial charge in [-0.05, 0) is 48.0 Å². The average molecular weight is 503 g/mol. The van der Waals surface area contributed by atoms with Gasteiger partial charge in [-0.3, -0.25) is 9.10 Å². The monoisotopic (exact) mass is 502 g/mol. The Morgan fingerprint density at radius 2 is 1.62 bits per heavy atom. The first-order chi connectivity index (χ1) is 16.2. The Hall–Kier alpha value is -3.56. The van der Waals surface area contributed by atoms with Crippen molar-refractivity contribution >= 4 is 39.2 Å². The van der Waals surface area contributed by atoms with Gasteiger partial charge in [0, 0.05) is 18.6 Å². The number of esters is 1. The van der Waals surface area contributed by atoms with E-state index in [-0.39, 0.29) is 17.0 Å². The number of anilines is 1. The van der Waals surface area contributed by atoms with Crippen LogP contribution in [0.2, 0.25) is 5.02 Å². The van der Waals surface area contributed by atoms with Crippen molar-refractivity contribution in [1.29, 1.82) is 0 Å². The summed E-state index contributed by atoms with van der Waals surface area (Å²) in [6.07, 6.45) is 0. The molecule has 0 radical (unpaired) electrons. The summed E-state index contributed by atoms with van der Waals surface area (Å²) < 4.78 is 37.4. The van der Waals surface area contributed by atoms with E-state index in [4.69, 9.17) is 21.1 Å². The van der Waals surface area contributed by atoms with Crippen molar-refractivity contribution in [2.45, 2.75) is 11.4 Å². The molecule has 34 heavy (non-hydrogen) atoms. The van der Waals surface area contributed by atoms with Crippen molar-refractivity contribution in [2.24, 2.45) is 0 Å². The van der Waals surface area contributed by atoms with Gasteiger partial charge < -0.3 is 14.8 Å². The summed E-state index contributed by atoms with van der Waals surface area (Å²) in [6, 6.07) is 19.0. The van der Waals surface area contributed by atoms with Gasteiger partial charge in [0.05, 0.1) is 23.3 Å². The Morgan fingerprint density at radius 1 is 0.971 bits per heavy atom. The van der Waals surface area contributed by atoms with Crippen molar-refractivity contribution in [3.05, 3.63) is 88.9 Å². The molecule has 3 aromatic carbocycles. The van der Waals surface area contributed by atoms with Gasteiger partial charge in [0.15, 0.2) is 6.61 Å². The van der Waals surface area contributed by atoms with Crippen LogP contribution < -0.4 is 14.4 Å². The number of amides is 1. The summed E-state index contributed by atoms with van der Waals surface area (Å²) in [5, 5.41) is 3.14. The molecule has 0 aromatic heterocycles. The van der Waals surface area contributed by atoms with Crippen LogP contribution >= 0.6 is 11.6 Å². The maximum absolute atomic E-state index is 13.0. The SMILES string of the molecule is COc1ccccc1N(C)S(=O)(=O)c1ccc(C(=O)OCC(=O)NCc2ccccc2Cl)cc1. The van der Waals surface area contributed by atoms with E-state index in [0.717, 1.165) is 9.87 Å². The minimum atomic E-state index is -3.90. The van der Waals surface area contributed by atoms with Gasteiger partial charge in [0.2, 0.25) is 0 Å². The maximum Gasteiger partial charge on any atom is 0.338 e. The molecule has 178 valence electrons. The second-order valence-electron chi connectivity index (χ2n) is 7.11. The Bertz CT molecular complexity index is 1280. The van der Waals surface area contributed by atoms with Crippen LogP contribution in [-0.2, 0) is 26.1 Å². The van der Waals surface area contributed by atoms with Crippen LogP contribution in [0.25, 0.3) is 0 Å². The van der Waals surface area contributed by atoms with Crippen molar-refractivity contribution in [3.8, 4) is 5.75 Å². The number of nitrogens with one attached hydrogen (secondary N) is 1. The molecule has 3 rings (SSSR count). The van der Waals surface area contributed by atoms with Crippen molar-refractivity contribution < 1.29 is 27.5 Å². The molecular weight excluding hydrogens is 480 g/mol. The van der Waals surface area contributed by atoms with E-state index in [0.29, 0.717) is 16.5 Å². The summed E-state index contributed by atoms with van der Waals surface area (Å²) in [7, 11) is -1.04. The fraction of sp³-hybridized carbons (Fsp3) is 0.167. The molecule has 0 aliphatic heterocycles. The molecule has 3 aromatic rings. The lowest BCUT2D eigenvalue weighted by molar-refractivity contribution is -0.124. The van der Waals surface area contributed by atoms with Crippen LogP contribution in [0.15, 0.2) is 77.7 Å². The number of halogens is 1. The lowest BCUT2D eigenvalue weighted by Gasteiger charge is -2.21. The van der Waals surface area contributed by atoms with Crippen LogP contribution in [0, 0.1) is 0 Å². The number of sulfonamides is 1. The topological polar surface area (TPSA) is 102 Å². The quantitative estimate of drug-likeness (QED) is 0.448. The summed E-state index contributed by atoms with van der Waals surface area (Å²) in [5.41, 5.74) is 1.22. The van der Waals surface area contributed by atoms with Crippen LogP contribution in [0.5, 0.6) is 5.75 Å². The number of nitrogens with zero attached hydrogens (tertiary/aromatic N) is 1. The highest BCUT2D eigenvalue weighted by Crippen LogP contribution is 2.30. The molecule has 0 aliphatic rings. The van der Waals surface area contributed by atoms with Gasteiger partial charge in [0.1, 0.15) is 5.75 Å². The molecule has 10 heteroatoms. The molecule has 1 N–H and O–H groups in total. The third-order valence-electron chi connectivity index (χ3n) is 4.94. The van der Waals surface area contributed by atoms with E-state index in [2.05, 4.69) is 5.32 Å². The molecule has 0 bridgehead atoms. The zero-order valence-corrected chi connectivity index (χ0v) is 20.1. The molecule has 8 nitrogen and oxygen atoms in total. The van der Waals surface area contributed by atoms with Crippen molar-refractivity contribution in [2.75, 3.05) is 25.1 Å². The first kappa shape index (κ1) is 25.1. The minimum Gasteiger partial charge on any atom is -0.495 e. The van der Waals surface area contributed by atoms with Gasteiger partial charge in [0.25, 0.3) is 15.9 Å². The van der Waals surface area contributed by atoms with Crippen molar-refractivity contribution in [3.63, 3.8) is 0 Å². The fourth-order valence-corrected chi connectivity index (χ4v) is 4.45. The number of hydrogen-bond donors (Lipinski definition) is 1. The highest BCUT2D eigenvalue weighted by atomic mass is 35.5. The molecule has 0 aliphatic carbocycles. The molecule has 0 atom stereocenters. The Labute approximate surface area is 203 Å². The third kappa shape index (κ3) is 5.86. The molecule has 0 heterocycles. The second kappa shape index (κ2) is 11.0. The molecule has 1 amide bonds. The van der Waals surface area contributed by atoms with Gasteiger partial charge in [-0.25, -0.2) is 13.2 Å².